The number of amides is 2. The van der Waals surface area contributed by atoms with Crippen LogP contribution in [0.25, 0.3) is 6.08 Å². The zero-order chi connectivity index (χ0) is 23.1. The number of carbonyl (C=O) groups is 2. The largest absolute Gasteiger partial charge is 0.497 e. The van der Waals surface area contributed by atoms with Gasteiger partial charge in [-0.15, -0.1) is 0 Å². The number of nitrogens with zero attached hydrogens (tertiary/aromatic N) is 1. The molecule has 1 heterocycles. The lowest BCUT2D eigenvalue weighted by Crippen LogP contribution is -2.44. The highest BCUT2D eigenvalue weighted by Gasteiger charge is 2.33. The van der Waals surface area contributed by atoms with Gasteiger partial charge < -0.3 is 14.2 Å². The van der Waals surface area contributed by atoms with Crippen LogP contribution >= 0.6 is 24.0 Å². The third kappa shape index (κ3) is 5.60. The fourth-order valence-corrected chi connectivity index (χ4v) is 4.02. The summed E-state index contributed by atoms with van der Waals surface area (Å²) in [5.74, 6) is 1.02. The van der Waals surface area contributed by atoms with Crippen LogP contribution in [-0.2, 0) is 4.79 Å². The Morgan fingerprint density at radius 2 is 1.88 bits per heavy atom. The van der Waals surface area contributed by atoms with E-state index < -0.39 is 11.8 Å². The molecule has 0 aromatic heterocycles. The predicted octanol–water partition coefficient (Wildman–Crippen LogP) is 4.43. The minimum Gasteiger partial charge on any atom is -0.497 e. The average molecular weight is 473 g/mol. The molecule has 0 radical (unpaired) electrons. The normalized spacial score (nSPS) is 14.6. The molecule has 9 heteroatoms. The lowest BCUT2D eigenvalue weighted by molar-refractivity contribution is -0.123. The number of nitrogens with one attached hydrogen (secondary N) is 1. The molecular weight excluding hydrogens is 448 g/mol. The number of hydrogen-bond acceptors (Lipinski definition) is 7. The van der Waals surface area contributed by atoms with Crippen LogP contribution in [0.15, 0.2) is 47.4 Å². The van der Waals surface area contributed by atoms with Gasteiger partial charge in [-0.3, -0.25) is 15.0 Å². The van der Waals surface area contributed by atoms with Crippen molar-refractivity contribution in [3.8, 4) is 17.2 Å². The van der Waals surface area contributed by atoms with Crippen molar-refractivity contribution < 1.29 is 23.8 Å². The Kier molecular flexibility index (Phi) is 8.13. The van der Waals surface area contributed by atoms with Crippen molar-refractivity contribution in [1.82, 2.24) is 10.4 Å². The monoisotopic (exact) mass is 472 g/mol. The lowest BCUT2D eigenvalue weighted by Gasteiger charge is -2.15. The molecule has 32 heavy (non-hydrogen) atoms. The van der Waals surface area contributed by atoms with E-state index in [4.69, 9.17) is 26.4 Å². The van der Waals surface area contributed by atoms with E-state index >= 15 is 0 Å². The molecule has 1 N–H and O–H groups in total. The summed E-state index contributed by atoms with van der Waals surface area (Å²) >= 11 is 6.41. The quantitative estimate of drug-likeness (QED) is 0.329. The molecule has 0 saturated carbocycles. The third-order valence-corrected chi connectivity index (χ3v) is 5.90. The zero-order valence-corrected chi connectivity index (χ0v) is 19.7. The summed E-state index contributed by atoms with van der Waals surface area (Å²) in [6.45, 7) is 2.71. The van der Waals surface area contributed by atoms with Gasteiger partial charge in [0, 0.05) is 5.56 Å². The molecule has 2 aromatic rings. The number of unbranched alkanes of at least 4 members (excludes halogenated alkanes) is 1. The van der Waals surface area contributed by atoms with Crippen molar-refractivity contribution in [3.63, 3.8) is 0 Å². The fourth-order valence-electron chi connectivity index (χ4n) is 2.84. The Morgan fingerprint density at radius 1 is 1.12 bits per heavy atom. The second-order valence-corrected chi connectivity index (χ2v) is 8.47. The third-order valence-electron chi connectivity index (χ3n) is 4.60. The summed E-state index contributed by atoms with van der Waals surface area (Å²) in [5, 5.41) is 1.08. The highest BCUT2D eigenvalue weighted by Crippen LogP contribution is 2.34. The number of hydrogen-bond donors (Lipinski definition) is 1. The first-order chi connectivity index (χ1) is 15.5. The Morgan fingerprint density at radius 3 is 2.53 bits per heavy atom. The molecule has 168 valence electrons. The van der Waals surface area contributed by atoms with Gasteiger partial charge in [0.15, 0.2) is 15.8 Å². The van der Waals surface area contributed by atoms with E-state index in [9.17, 15) is 9.59 Å². The first-order valence-corrected chi connectivity index (χ1v) is 11.2. The van der Waals surface area contributed by atoms with E-state index in [1.54, 1.807) is 50.6 Å². The van der Waals surface area contributed by atoms with E-state index in [0.29, 0.717) is 34.3 Å². The van der Waals surface area contributed by atoms with Gasteiger partial charge in [-0.05, 0) is 66.7 Å². The maximum absolute atomic E-state index is 12.8. The molecule has 1 aliphatic rings. The Labute approximate surface area is 196 Å². The minimum atomic E-state index is -0.444. The Balaban J connectivity index is 1.72. The molecule has 2 aromatic carbocycles. The van der Waals surface area contributed by atoms with Crippen LogP contribution in [0.4, 0.5) is 0 Å². The van der Waals surface area contributed by atoms with Gasteiger partial charge in [0.2, 0.25) is 0 Å². The van der Waals surface area contributed by atoms with Gasteiger partial charge in [-0.1, -0.05) is 31.2 Å². The smallest absolute Gasteiger partial charge is 0.285 e. The Bertz CT molecular complexity index is 1040. The molecular formula is C23H24N2O5S2. The summed E-state index contributed by atoms with van der Waals surface area (Å²) in [4.78, 5) is 25.8. The number of thiocarbonyl (C=S) groups is 1. The summed E-state index contributed by atoms with van der Waals surface area (Å²) in [5.41, 5.74) is 3.70. The highest BCUT2D eigenvalue weighted by atomic mass is 32.2. The number of benzene rings is 2. The zero-order valence-electron chi connectivity index (χ0n) is 18.0. The van der Waals surface area contributed by atoms with Gasteiger partial charge in [0.25, 0.3) is 11.8 Å². The molecule has 0 unspecified atom stereocenters. The van der Waals surface area contributed by atoms with Gasteiger partial charge >= 0.3 is 0 Å². The van der Waals surface area contributed by atoms with E-state index in [1.165, 1.54) is 0 Å². The van der Waals surface area contributed by atoms with Crippen LogP contribution in [0.1, 0.15) is 35.7 Å². The summed E-state index contributed by atoms with van der Waals surface area (Å²) in [7, 11) is 3.12. The van der Waals surface area contributed by atoms with Crippen molar-refractivity contribution in [2.45, 2.75) is 19.8 Å². The van der Waals surface area contributed by atoms with Crippen LogP contribution in [0.5, 0.6) is 17.2 Å². The standard InChI is InChI=1S/C23H24N2O5S2/c1-4-5-12-30-18-11-6-15(13-19(18)29-3)14-20-22(27)25(23(31)32-20)24-21(26)16-7-9-17(28-2)10-8-16/h6-11,13-14H,4-5,12H2,1-3H3,(H,24,26)/b20-14+. The van der Waals surface area contributed by atoms with Gasteiger partial charge in [0.05, 0.1) is 25.7 Å². The molecule has 2 amide bonds. The second-order valence-electron chi connectivity index (χ2n) is 6.80. The second kappa shape index (κ2) is 11.0. The summed E-state index contributed by atoms with van der Waals surface area (Å²) in [6.07, 6.45) is 3.70. The molecule has 0 atom stereocenters. The maximum atomic E-state index is 12.8. The maximum Gasteiger partial charge on any atom is 0.285 e. The van der Waals surface area contributed by atoms with Gasteiger partial charge in [0.1, 0.15) is 5.75 Å². The molecule has 3 rings (SSSR count). The van der Waals surface area contributed by atoms with Crippen molar-refractivity contribution in [3.05, 3.63) is 58.5 Å². The van der Waals surface area contributed by atoms with Crippen molar-refractivity contribution in [2.24, 2.45) is 0 Å². The van der Waals surface area contributed by atoms with E-state index in [1.807, 2.05) is 12.1 Å². The molecule has 1 saturated heterocycles. The molecule has 1 fully saturated rings. The van der Waals surface area contributed by atoms with Crippen molar-refractivity contribution >= 4 is 46.2 Å². The number of carbonyl (C=O) groups excluding carboxylic acids is 2. The van der Waals surface area contributed by atoms with Gasteiger partial charge in [-0.2, -0.15) is 5.01 Å². The highest BCUT2D eigenvalue weighted by molar-refractivity contribution is 8.26. The van der Waals surface area contributed by atoms with Crippen LogP contribution in [0.3, 0.4) is 0 Å². The fraction of sp³-hybridized carbons (Fsp3) is 0.261. The number of thioether (sulfide) groups is 1. The predicted molar refractivity (Wildman–Crippen MR) is 129 cm³/mol. The van der Waals surface area contributed by atoms with Crippen molar-refractivity contribution in [1.29, 1.82) is 0 Å². The van der Waals surface area contributed by atoms with Crippen LogP contribution in [-0.4, -0.2) is 42.0 Å². The number of ether oxygens (including phenoxy) is 3. The molecule has 0 aliphatic carbocycles. The molecule has 0 spiro atoms. The first-order valence-electron chi connectivity index (χ1n) is 10.0. The topological polar surface area (TPSA) is 77.1 Å². The van der Waals surface area contributed by atoms with Gasteiger partial charge in [-0.25, -0.2) is 0 Å². The lowest BCUT2D eigenvalue weighted by atomic mass is 10.2. The Hall–Kier alpha value is -3.04. The molecule has 7 nitrogen and oxygen atoms in total. The summed E-state index contributed by atoms with van der Waals surface area (Å²) < 4.78 is 16.5. The first kappa shape index (κ1) is 23.6. The average Bonchev–Trinajstić information content (AvgIpc) is 3.07. The van der Waals surface area contributed by atoms with E-state index in [0.717, 1.165) is 35.2 Å². The van der Waals surface area contributed by atoms with Crippen LogP contribution < -0.4 is 19.6 Å². The number of rotatable bonds is 9. The van der Waals surface area contributed by atoms with Crippen LogP contribution in [0, 0.1) is 0 Å². The SMILES string of the molecule is CCCCOc1ccc(/C=C2/SC(=S)N(NC(=O)c3ccc(OC)cc3)C2=O)cc1OC. The van der Waals surface area contributed by atoms with Crippen LogP contribution in [0.2, 0.25) is 0 Å². The van der Waals surface area contributed by atoms with Crippen molar-refractivity contribution in [2.75, 3.05) is 20.8 Å². The summed E-state index contributed by atoms with van der Waals surface area (Å²) in [6, 6.07) is 12.0. The number of hydrazine groups is 1. The van der Waals surface area contributed by atoms with E-state index in [-0.39, 0.29) is 4.32 Å². The number of methoxy groups -OCH3 is 2. The van der Waals surface area contributed by atoms with E-state index in [2.05, 4.69) is 12.3 Å². The minimum absolute atomic E-state index is 0.245. The molecule has 0 bridgehead atoms. The molecule has 1 aliphatic heterocycles.